The summed E-state index contributed by atoms with van der Waals surface area (Å²) in [5, 5.41) is 14.1. The van der Waals surface area contributed by atoms with Crippen LogP contribution in [0, 0.1) is 6.92 Å². The zero-order valence-electron chi connectivity index (χ0n) is 11.1. The van der Waals surface area contributed by atoms with E-state index in [9.17, 15) is 4.79 Å². The third kappa shape index (κ3) is 2.73. The third-order valence-corrected chi connectivity index (χ3v) is 2.77. The first-order valence-corrected chi connectivity index (χ1v) is 6.17. The van der Waals surface area contributed by atoms with E-state index in [2.05, 4.69) is 30.8 Å². The van der Waals surface area contributed by atoms with Crippen molar-refractivity contribution >= 4 is 11.6 Å². The maximum atomic E-state index is 12.0. The zero-order chi connectivity index (χ0) is 14.7. The topological polar surface area (TPSA) is 98.5 Å². The molecule has 21 heavy (non-hydrogen) atoms. The fourth-order valence-corrected chi connectivity index (χ4v) is 1.80. The second-order valence-electron chi connectivity index (χ2n) is 4.23. The zero-order valence-corrected chi connectivity index (χ0v) is 11.1. The molecule has 0 bridgehead atoms. The molecule has 0 atom stereocenters. The van der Waals surface area contributed by atoms with Crippen LogP contribution in [0.4, 0.5) is 5.69 Å². The van der Waals surface area contributed by atoms with E-state index in [4.69, 9.17) is 0 Å². The molecule has 0 saturated heterocycles. The van der Waals surface area contributed by atoms with E-state index in [0.717, 1.165) is 5.69 Å². The average Bonchev–Trinajstić information content (AvgIpc) is 2.94. The summed E-state index contributed by atoms with van der Waals surface area (Å²) in [6.07, 6.45) is 4.39. The molecule has 8 nitrogen and oxygen atoms in total. The molecule has 1 amide bonds. The summed E-state index contributed by atoms with van der Waals surface area (Å²) < 4.78 is 1.58. The van der Waals surface area contributed by atoms with E-state index in [0.29, 0.717) is 11.5 Å². The first kappa shape index (κ1) is 12.9. The van der Waals surface area contributed by atoms with Gasteiger partial charge < -0.3 is 5.32 Å². The SMILES string of the molecule is Cc1nnnn1-c1cccc(NC(=O)c2cnccn2)c1. The molecule has 0 aliphatic heterocycles. The highest BCUT2D eigenvalue weighted by Crippen LogP contribution is 2.15. The summed E-state index contributed by atoms with van der Waals surface area (Å²) >= 11 is 0. The quantitative estimate of drug-likeness (QED) is 0.769. The van der Waals surface area contributed by atoms with Gasteiger partial charge in [-0.05, 0) is 35.5 Å². The number of hydrogen-bond donors (Lipinski definition) is 1. The smallest absolute Gasteiger partial charge is 0.275 e. The van der Waals surface area contributed by atoms with Crippen LogP contribution < -0.4 is 5.32 Å². The average molecular weight is 281 g/mol. The number of amides is 1. The number of anilines is 1. The van der Waals surface area contributed by atoms with Gasteiger partial charge in [-0.2, -0.15) is 4.68 Å². The van der Waals surface area contributed by atoms with E-state index < -0.39 is 0 Å². The molecule has 3 rings (SSSR count). The number of nitrogens with one attached hydrogen (secondary N) is 1. The summed E-state index contributed by atoms with van der Waals surface area (Å²) in [5.41, 5.74) is 1.63. The van der Waals surface area contributed by atoms with Gasteiger partial charge in [-0.3, -0.25) is 9.78 Å². The van der Waals surface area contributed by atoms with Crippen molar-refractivity contribution in [3.63, 3.8) is 0 Å². The molecule has 0 fully saturated rings. The standard InChI is InChI=1S/C13H11N7O/c1-9-17-18-19-20(9)11-4-2-3-10(7-11)16-13(21)12-8-14-5-6-15-12/h2-8H,1H3,(H,16,21). The van der Waals surface area contributed by atoms with Crippen molar-refractivity contribution < 1.29 is 4.79 Å². The lowest BCUT2D eigenvalue weighted by atomic mass is 10.2. The fraction of sp³-hybridized carbons (Fsp3) is 0.0769. The largest absolute Gasteiger partial charge is 0.321 e. The normalized spacial score (nSPS) is 10.3. The summed E-state index contributed by atoms with van der Waals surface area (Å²) in [4.78, 5) is 19.8. The minimum atomic E-state index is -0.325. The Morgan fingerprint density at radius 1 is 1.29 bits per heavy atom. The maximum absolute atomic E-state index is 12.0. The Labute approximate surface area is 119 Å². The van der Waals surface area contributed by atoms with Crippen LogP contribution in [0.2, 0.25) is 0 Å². The monoisotopic (exact) mass is 281 g/mol. The molecule has 2 aromatic heterocycles. The Morgan fingerprint density at radius 2 is 2.19 bits per heavy atom. The van der Waals surface area contributed by atoms with Crippen molar-refractivity contribution in [1.82, 2.24) is 30.2 Å². The van der Waals surface area contributed by atoms with Crippen LogP contribution in [-0.4, -0.2) is 36.1 Å². The van der Waals surface area contributed by atoms with Gasteiger partial charge in [0.05, 0.1) is 11.9 Å². The van der Waals surface area contributed by atoms with Gasteiger partial charge in [-0.25, -0.2) is 4.98 Å². The number of benzene rings is 1. The van der Waals surface area contributed by atoms with Gasteiger partial charge in [0.1, 0.15) is 5.69 Å². The van der Waals surface area contributed by atoms with Gasteiger partial charge >= 0.3 is 0 Å². The molecule has 0 radical (unpaired) electrons. The highest BCUT2D eigenvalue weighted by molar-refractivity contribution is 6.02. The van der Waals surface area contributed by atoms with Gasteiger partial charge in [-0.15, -0.1) is 5.10 Å². The van der Waals surface area contributed by atoms with Crippen LogP contribution in [0.15, 0.2) is 42.9 Å². The molecule has 0 aliphatic rings. The summed E-state index contributed by atoms with van der Waals surface area (Å²) in [6, 6.07) is 7.21. The van der Waals surface area contributed by atoms with Crippen LogP contribution in [0.5, 0.6) is 0 Å². The first-order chi connectivity index (χ1) is 10.2. The van der Waals surface area contributed by atoms with Crippen molar-refractivity contribution in [3.8, 4) is 5.69 Å². The predicted octanol–water partition coefficient (Wildman–Crippen LogP) is 1.01. The van der Waals surface area contributed by atoms with Crippen molar-refractivity contribution in [2.75, 3.05) is 5.32 Å². The number of hydrogen-bond acceptors (Lipinski definition) is 6. The minimum Gasteiger partial charge on any atom is -0.321 e. The van der Waals surface area contributed by atoms with Crippen LogP contribution in [0.1, 0.15) is 16.3 Å². The van der Waals surface area contributed by atoms with Crippen LogP contribution in [0.3, 0.4) is 0 Å². The highest BCUT2D eigenvalue weighted by atomic mass is 16.1. The lowest BCUT2D eigenvalue weighted by molar-refractivity contribution is 0.102. The van der Waals surface area contributed by atoms with Gasteiger partial charge in [0, 0.05) is 18.1 Å². The predicted molar refractivity (Wildman–Crippen MR) is 73.9 cm³/mol. The number of aromatic nitrogens is 6. The van der Waals surface area contributed by atoms with Crippen molar-refractivity contribution in [3.05, 3.63) is 54.4 Å². The lowest BCUT2D eigenvalue weighted by Crippen LogP contribution is -2.14. The molecule has 0 saturated carbocycles. The highest BCUT2D eigenvalue weighted by Gasteiger charge is 2.09. The Hall–Kier alpha value is -3.16. The van der Waals surface area contributed by atoms with Crippen molar-refractivity contribution in [2.45, 2.75) is 6.92 Å². The minimum absolute atomic E-state index is 0.251. The Kier molecular flexibility index (Phi) is 3.34. The Bertz CT molecular complexity index is 769. The van der Waals surface area contributed by atoms with Crippen LogP contribution >= 0.6 is 0 Å². The fourth-order valence-electron chi connectivity index (χ4n) is 1.80. The van der Waals surface area contributed by atoms with E-state index in [1.54, 1.807) is 23.7 Å². The third-order valence-electron chi connectivity index (χ3n) is 2.77. The maximum Gasteiger partial charge on any atom is 0.275 e. The Balaban J connectivity index is 1.84. The van der Waals surface area contributed by atoms with E-state index in [-0.39, 0.29) is 11.6 Å². The number of tetrazole rings is 1. The van der Waals surface area contributed by atoms with Gasteiger partial charge in [0.2, 0.25) is 0 Å². The molecule has 0 unspecified atom stereocenters. The molecule has 104 valence electrons. The van der Waals surface area contributed by atoms with Gasteiger partial charge in [0.25, 0.3) is 5.91 Å². The van der Waals surface area contributed by atoms with Crippen molar-refractivity contribution in [2.24, 2.45) is 0 Å². The summed E-state index contributed by atoms with van der Waals surface area (Å²) in [6.45, 7) is 1.80. The molecule has 0 spiro atoms. The molecular weight excluding hydrogens is 270 g/mol. The number of carbonyl (C=O) groups is 1. The molecular formula is C13H11N7O. The summed E-state index contributed by atoms with van der Waals surface area (Å²) in [5.74, 6) is 0.334. The van der Waals surface area contributed by atoms with Gasteiger partial charge in [0.15, 0.2) is 5.82 Å². The van der Waals surface area contributed by atoms with Gasteiger partial charge in [-0.1, -0.05) is 6.07 Å². The number of carbonyl (C=O) groups excluding carboxylic acids is 1. The van der Waals surface area contributed by atoms with E-state index >= 15 is 0 Å². The first-order valence-electron chi connectivity index (χ1n) is 6.17. The number of aryl methyl sites for hydroxylation is 1. The Morgan fingerprint density at radius 3 is 2.90 bits per heavy atom. The molecule has 8 heteroatoms. The number of nitrogens with zero attached hydrogens (tertiary/aromatic N) is 6. The van der Waals surface area contributed by atoms with Crippen LogP contribution in [0.25, 0.3) is 5.69 Å². The molecule has 3 aromatic rings. The second kappa shape index (κ2) is 5.45. The van der Waals surface area contributed by atoms with Crippen molar-refractivity contribution in [1.29, 1.82) is 0 Å². The summed E-state index contributed by atoms with van der Waals surface area (Å²) in [7, 11) is 0. The molecule has 1 N–H and O–H groups in total. The van der Waals surface area contributed by atoms with E-state index in [1.165, 1.54) is 18.6 Å². The lowest BCUT2D eigenvalue weighted by Gasteiger charge is -2.07. The van der Waals surface area contributed by atoms with Crippen LogP contribution in [-0.2, 0) is 0 Å². The van der Waals surface area contributed by atoms with E-state index in [1.807, 2.05) is 12.1 Å². The molecule has 1 aromatic carbocycles. The number of rotatable bonds is 3. The second-order valence-corrected chi connectivity index (χ2v) is 4.23. The molecule has 2 heterocycles. The molecule has 0 aliphatic carbocycles.